The van der Waals surface area contributed by atoms with E-state index in [4.69, 9.17) is 0 Å². The number of alkyl halides is 9. The molecular formula is C22H12Br3F6. The van der Waals surface area contributed by atoms with Crippen LogP contribution in [0.5, 0.6) is 0 Å². The number of rotatable bonds is 3. The van der Waals surface area contributed by atoms with E-state index in [1.165, 1.54) is 24.3 Å². The van der Waals surface area contributed by atoms with Gasteiger partial charge < -0.3 is 0 Å². The summed E-state index contributed by atoms with van der Waals surface area (Å²) >= 11 is 10.2. The zero-order chi connectivity index (χ0) is 23.0. The van der Waals surface area contributed by atoms with E-state index in [1.807, 2.05) is 0 Å². The highest BCUT2D eigenvalue weighted by molar-refractivity contribution is 9.38. The van der Waals surface area contributed by atoms with Gasteiger partial charge in [0.15, 0.2) is 2.14 Å². The Hall–Kier alpha value is -1.32. The Kier molecular flexibility index (Phi) is 6.99. The molecule has 163 valence electrons. The van der Waals surface area contributed by atoms with Crippen molar-refractivity contribution >= 4 is 47.8 Å². The largest absolute Gasteiger partial charge is 0.416 e. The van der Waals surface area contributed by atoms with Crippen molar-refractivity contribution in [3.63, 3.8) is 0 Å². The van der Waals surface area contributed by atoms with Gasteiger partial charge in [0.05, 0.1) is 11.1 Å². The summed E-state index contributed by atoms with van der Waals surface area (Å²) in [5, 5.41) is 0. The van der Waals surface area contributed by atoms with Gasteiger partial charge >= 0.3 is 12.4 Å². The van der Waals surface area contributed by atoms with Crippen LogP contribution in [0, 0.1) is 6.07 Å². The molecule has 31 heavy (non-hydrogen) atoms. The summed E-state index contributed by atoms with van der Waals surface area (Å²) in [6.45, 7) is 0. The van der Waals surface area contributed by atoms with E-state index in [9.17, 15) is 26.3 Å². The molecular weight excluding hydrogens is 618 g/mol. The van der Waals surface area contributed by atoms with E-state index in [2.05, 4.69) is 53.9 Å². The molecule has 0 aromatic heterocycles. The Bertz CT molecular complexity index is 976. The third-order valence-electron chi connectivity index (χ3n) is 4.61. The Labute approximate surface area is 200 Å². The minimum atomic E-state index is -4.49. The maximum absolute atomic E-state index is 13.0. The third-order valence-corrected chi connectivity index (χ3v) is 5.89. The third kappa shape index (κ3) is 5.93. The molecule has 0 saturated heterocycles. The summed E-state index contributed by atoms with van der Waals surface area (Å²) in [7, 11) is 0. The number of benzene rings is 3. The first-order valence-electron chi connectivity index (χ1n) is 8.70. The lowest BCUT2D eigenvalue weighted by molar-refractivity contribution is -0.138. The molecule has 0 unspecified atom stereocenters. The average Bonchev–Trinajstić information content (AvgIpc) is 2.67. The quantitative estimate of drug-likeness (QED) is 0.154. The van der Waals surface area contributed by atoms with Crippen LogP contribution in [0.3, 0.4) is 0 Å². The second-order valence-electron chi connectivity index (χ2n) is 6.71. The smallest absolute Gasteiger partial charge is 0.166 e. The van der Waals surface area contributed by atoms with Gasteiger partial charge in [0.25, 0.3) is 0 Å². The topological polar surface area (TPSA) is 0 Å². The highest BCUT2D eigenvalue weighted by Gasteiger charge is 2.32. The van der Waals surface area contributed by atoms with Crippen molar-refractivity contribution in [1.82, 2.24) is 0 Å². The normalized spacial score (nSPS) is 13.0. The first-order chi connectivity index (χ1) is 14.3. The molecule has 0 bridgehead atoms. The average molecular weight is 630 g/mol. The van der Waals surface area contributed by atoms with Gasteiger partial charge in [0.1, 0.15) is 0 Å². The maximum Gasteiger partial charge on any atom is 0.416 e. The zero-order valence-electron chi connectivity index (χ0n) is 15.3. The maximum atomic E-state index is 13.0. The highest BCUT2D eigenvalue weighted by Crippen LogP contribution is 2.45. The van der Waals surface area contributed by atoms with Gasteiger partial charge in [-0.25, -0.2) is 0 Å². The Morgan fingerprint density at radius 2 is 1.03 bits per heavy atom. The van der Waals surface area contributed by atoms with Crippen molar-refractivity contribution in [3.05, 3.63) is 106 Å². The van der Waals surface area contributed by atoms with Crippen molar-refractivity contribution in [2.45, 2.75) is 20.4 Å². The van der Waals surface area contributed by atoms with E-state index in [0.29, 0.717) is 22.3 Å². The summed E-state index contributed by atoms with van der Waals surface area (Å²) in [4.78, 5) is 0. The van der Waals surface area contributed by atoms with E-state index in [-0.39, 0.29) is 0 Å². The van der Waals surface area contributed by atoms with Crippen molar-refractivity contribution in [1.29, 1.82) is 0 Å². The van der Waals surface area contributed by atoms with Crippen molar-refractivity contribution in [3.8, 4) is 0 Å². The second kappa shape index (κ2) is 8.90. The predicted octanol–water partition coefficient (Wildman–Crippen LogP) is 9.00. The fourth-order valence-corrected chi connectivity index (χ4v) is 3.82. The molecule has 0 heterocycles. The highest BCUT2D eigenvalue weighted by atomic mass is 80.0. The summed E-state index contributed by atoms with van der Waals surface area (Å²) in [5.74, 6) is -0.590. The molecule has 0 spiro atoms. The predicted molar refractivity (Wildman–Crippen MR) is 118 cm³/mol. The monoisotopic (exact) mass is 627 g/mol. The molecule has 0 nitrogen and oxygen atoms in total. The van der Waals surface area contributed by atoms with Crippen LogP contribution in [-0.4, -0.2) is 0 Å². The van der Waals surface area contributed by atoms with Crippen molar-refractivity contribution in [2.24, 2.45) is 0 Å². The summed E-state index contributed by atoms with van der Waals surface area (Å²) in [6.07, 6.45) is -8.97. The fraction of sp³-hybridized carbons (Fsp3) is 0.182. The van der Waals surface area contributed by atoms with Crippen LogP contribution in [0.1, 0.15) is 39.3 Å². The van der Waals surface area contributed by atoms with Gasteiger partial charge in [0.2, 0.25) is 0 Å². The molecule has 0 aliphatic heterocycles. The van der Waals surface area contributed by atoms with Gasteiger partial charge in [-0.1, -0.05) is 90.3 Å². The summed E-state index contributed by atoms with van der Waals surface area (Å²) in [5.41, 5.74) is 0.739. The van der Waals surface area contributed by atoms with E-state index >= 15 is 0 Å². The van der Waals surface area contributed by atoms with Crippen LogP contribution < -0.4 is 0 Å². The molecule has 0 aliphatic rings. The molecule has 0 saturated carbocycles. The molecule has 9 heteroatoms. The van der Waals surface area contributed by atoms with Crippen LogP contribution in [0.2, 0.25) is 0 Å². The fourth-order valence-electron chi connectivity index (χ4n) is 3.13. The molecule has 3 rings (SSSR count). The molecule has 0 amide bonds. The van der Waals surface area contributed by atoms with Gasteiger partial charge in [-0.05, 0) is 52.6 Å². The van der Waals surface area contributed by atoms with Crippen LogP contribution in [0.15, 0.2) is 66.7 Å². The van der Waals surface area contributed by atoms with Crippen molar-refractivity contribution in [2.75, 3.05) is 0 Å². The molecule has 1 radical (unpaired) electrons. The molecule has 0 aliphatic carbocycles. The minimum Gasteiger partial charge on any atom is -0.166 e. The summed E-state index contributed by atoms with van der Waals surface area (Å²) < 4.78 is 77.1. The Balaban J connectivity index is 2.13. The Morgan fingerprint density at radius 3 is 1.39 bits per heavy atom. The molecule has 0 N–H and O–H groups in total. The standard InChI is InChI=1S/C22H12Br3F6/c23-20(24,25)18-3-1-2-15(12-18)19(13-4-8-16(9-5-13)21(26,27)28)14-6-10-17(11-7-14)22(29,30)31/h1-2,4-12,19H. The summed E-state index contributed by atoms with van der Waals surface area (Å²) in [6, 6.07) is 17.4. The van der Waals surface area contributed by atoms with E-state index < -0.39 is 31.5 Å². The van der Waals surface area contributed by atoms with Crippen LogP contribution >= 0.6 is 47.8 Å². The number of halogens is 9. The minimum absolute atomic E-state index is 0.509. The number of hydrogen-bond donors (Lipinski definition) is 0. The zero-order valence-corrected chi connectivity index (χ0v) is 20.1. The van der Waals surface area contributed by atoms with Gasteiger partial charge in [-0.3, -0.25) is 0 Å². The molecule has 3 aromatic carbocycles. The van der Waals surface area contributed by atoms with Gasteiger partial charge in [-0.2, -0.15) is 26.3 Å². The lowest BCUT2D eigenvalue weighted by Gasteiger charge is -2.22. The van der Waals surface area contributed by atoms with Crippen LogP contribution in [0.25, 0.3) is 0 Å². The first kappa shape index (κ1) is 24.3. The van der Waals surface area contributed by atoms with E-state index in [0.717, 1.165) is 24.3 Å². The van der Waals surface area contributed by atoms with Crippen LogP contribution in [0.4, 0.5) is 26.3 Å². The molecule has 0 fully saturated rings. The van der Waals surface area contributed by atoms with Crippen LogP contribution in [-0.2, 0) is 14.5 Å². The van der Waals surface area contributed by atoms with Gasteiger partial charge in [0, 0.05) is 5.92 Å². The number of hydrogen-bond acceptors (Lipinski definition) is 0. The lowest BCUT2D eigenvalue weighted by atomic mass is 9.84. The van der Waals surface area contributed by atoms with E-state index in [1.54, 1.807) is 18.2 Å². The van der Waals surface area contributed by atoms with Crippen molar-refractivity contribution < 1.29 is 26.3 Å². The molecule has 3 aromatic rings. The second-order valence-corrected chi connectivity index (χ2v) is 13.5. The lowest BCUT2D eigenvalue weighted by Crippen LogP contribution is -2.09. The first-order valence-corrected chi connectivity index (χ1v) is 11.1. The van der Waals surface area contributed by atoms with Gasteiger partial charge in [-0.15, -0.1) is 0 Å². The molecule has 0 atom stereocenters. The SMILES string of the molecule is FC(F)(F)c1ccc(C(c2ccc(C(F)(F)F)cc2)c2cc[c]c(C(Br)(Br)Br)c2)cc1. The Morgan fingerprint density at radius 1 is 0.613 bits per heavy atom.